The van der Waals surface area contributed by atoms with Crippen molar-refractivity contribution in [2.75, 3.05) is 46.3 Å². The first-order valence-electron chi connectivity index (χ1n) is 6.97. The quantitative estimate of drug-likeness (QED) is 0.773. The SMILES string of the molecule is CC[C@H]1CN(C[C@@H]2CNC[C@@H](C)O2)CCN1C. The summed E-state index contributed by atoms with van der Waals surface area (Å²) in [4.78, 5) is 5.05. The smallest absolute Gasteiger partial charge is 0.0830 e. The molecule has 2 fully saturated rings. The van der Waals surface area contributed by atoms with Crippen LogP contribution in [-0.2, 0) is 4.74 Å². The maximum absolute atomic E-state index is 5.97. The minimum absolute atomic E-state index is 0.364. The fourth-order valence-electron chi connectivity index (χ4n) is 2.88. The molecule has 4 nitrogen and oxygen atoms in total. The molecule has 0 amide bonds. The molecule has 3 atom stereocenters. The number of ether oxygens (including phenoxy) is 1. The van der Waals surface area contributed by atoms with Gasteiger partial charge in [-0.2, -0.15) is 0 Å². The van der Waals surface area contributed by atoms with Crippen molar-refractivity contribution in [2.24, 2.45) is 0 Å². The molecular weight excluding hydrogens is 214 g/mol. The van der Waals surface area contributed by atoms with E-state index in [1.807, 2.05) is 0 Å². The zero-order chi connectivity index (χ0) is 12.3. The summed E-state index contributed by atoms with van der Waals surface area (Å²) in [5.41, 5.74) is 0. The normalized spacial score (nSPS) is 37.2. The molecule has 2 rings (SSSR count). The Bertz CT molecular complexity index is 237. The van der Waals surface area contributed by atoms with Crippen LogP contribution in [0.1, 0.15) is 20.3 Å². The average molecular weight is 241 g/mol. The minimum Gasteiger partial charge on any atom is -0.371 e. The third kappa shape index (κ3) is 3.65. The highest BCUT2D eigenvalue weighted by Crippen LogP contribution is 2.13. The Morgan fingerprint density at radius 3 is 2.82 bits per heavy atom. The van der Waals surface area contributed by atoms with Gasteiger partial charge in [0.2, 0.25) is 0 Å². The van der Waals surface area contributed by atoms with E-state index in [1.54, 1.807) is 0 Å². The molecular formula is C13H27N3O. The maximum atomic E-state index is 5.97. The Hall–Kier alpha value is -0.160. The average Bonchev–Trinajstić information content (AvgIpc) is 2.32. The van der Waals surface area contributed by atoms with Crippen LogP contribution in [-0.4, -0.2) is 74.4 Å². The predicted molar refractivity (Wildman–Crippen MR) is 70.4 cm³/mol. The van der Waals surface area contributed by atoms with E-state index in [0.29, 0.717) is 12.2 Å². The number of hydrogen-bond acceptors (Lipinski definition) is 4. The van der Waals surface area contributed by atoms with E-state index in [4.69, 9.17) is 4.74 Å². The van der Waals surface area contributed by atoms with Crippen molar-refractivity contribution < 1.29 is 4.74 Å². The third-order valence-corrected chi connectivity index (χ3v) is 4.02. The topological polar surface area (TPSA) is 27.7 Å². The molecule has 0 aliphatic carbocycles. The second-order valence-corrected chi connectivity index (χ2v) is 5.53. The molecule has 2 aliphatic rings. The Labute approximate surface area is 105 Å². The molecule has 0 radical (unpaired) electrons. The van der Waals surface area contributed by atoms with Crippen LogP contribution in [0.2, 0.25) is 0 Å². The molecule has 0 unspecified atom stereocenters. The number of rotatable bonds is 3. The maximum Gasteiger partial charge on any atom is 0.0830 e. The van der Waals surface area contributed by atoms with E-state index >= 15 is 0 Å². The number of nitrogens with one attached hydrogen (secondary N) is 1. The molecule has 0 aromatic heterocycles. The highest BCUT2D eigenvalue weighted by molar-refractivity contribution is 4.82. The Balaban J connectivity index is 1.78. The lowest BCUT2D eigenvalue weighted by atomic mass is 10.1. The van der Waals surface area contributed by atoms with Gasteiger partial charge in [0.25, 0.3) is 0 Å². The fraction of sp³-hybridized carbons (Fsp3) is 1.00. The molecule has 17 heavy (non-hydrogen) atoms. The van der Waals surface area contributed by atoms with Crippen molar-refractivity contribution in [3.8, 4) is 0 Å². The van der Waals surface area contributed by atoms with Crippen LogP contribution in [0, 0.1) is 0 Å². The second-order valence-electron chi connectivity index (χ2n) is 5.53. The number of likely N-dealkylation sites (N-methyl/N-ethyl adjacent to an activating group) is 1. The van der Waals surface area contributed by atoms with Gasteiger partial charge >= 0.3 is 0 Å². The first-order valence-corrected chi connectivity index (χ1v) is 6.97. The van der Waals surface area contributed by atoms with Crippen LogP contribution in [0.4, 0.5) is 0 Å². The van der Waals surface area contributed by atoms with Crippen molar-refractivity contribution in [3.63, 3.8) is 0 Å². The summed E-state index contributed by atoms with van der Waals surface area (Å²) in [6, 6.07) is 0.720. The van der Waals surface area contributed by atoms with Gasteiger partial charge in [0.05, 0.1) is 12.2 Å². The molecule has 2 heterocycles. The first-order chi connectivity index (χ1) is 8.19. The summed E-state index contributed by atoms with van der Waals surface area (Å²) in [7, 11) is 2.24. The van der Waals surface area contributed by atoms with E-state index in [9.17, 15) is 0 Å². The largest absolute Gasteiger partial charge is 0.371 e. The Kier molecular flexibility index (Phi) is 4.79. The number of hydrogen-bond donors (Lipinski definition) is 1. The van der Waals surface area contributed by atoms with Gasteiger partial charge in [0, 0.05) is 45.3 Å². The van der Waals surface area contributed by atoms with Crippen molar-refractivity contribution in [2.45, 2.75) is 38.5 Å². The minimum atomic E-state index is 0.364. The lowest BCUT2D eigenvalue weighted by Gasteiger charge is -2.41. The summed E-state index contributed by atoms with van der Waals surface area (Å²) < 4.78 is 5.97. The third-order valence-electron chi connectivity index (χ3n) is 4.02. The van der Waals surface area contributed by atoms with E-state index in [2.05, 4.69) is 36.0 Å². The summed E-state index contributed by atoms with van der Waals surface area (Å²) in [6.07, 6.45) is 1.98. The molecule has 1 N–H and O–H groups in total. The van der Waals surface area contributed by atoms with Gasteiger partial charge in [-0.3, -0.25) is 4.90 Å². The molecule has 0 bridgehead atoms. The van der Waals surface area contributed by atoms with Crippen LogP contribution in [0.25, 0.3) is 0 Å². The fourth-order valence-corrected chi connectivity index (χ4v) is 2.88. The zero-order valence-corrected chi connectivity index (χ0v) is 11.5. The molecule has 2 aliphatic heterocycles. The lowest BCUT2D eigenvalue weighted by molar-refractivity contribution is -0.0507. The van der Waals surface area contributed by atoms with Gasteiger partial charge < -0.3 is 15.0 Å². The van der Waals surface area contributed by atoms with Gasteiger partial charge in [-0.15, -0.1) is 0 Å². The van der Waals surface area contributed by atoms with Crippen LogP contribution >= 0.6 is 0 Å². The summed E-state index contributed by atoms with van der Waals surface area (Å²) in [5, 5.41) is 3.45. The van der Waals surface area contributed by atoms with Crippen molar-refractivity contribution in [1.82, 2.24) is 15.1 Å². The molecule has 0 aromatic carbocycles. The summed E-state index contributed by atoms with van der Waals surface area (Å²) >= 11 is 0. The van der Waals surface area contributed by atoms with Crippen LogP contribution in [0.3, 0.4) is 0 Å². The summed E-state index contributed by atoms with van der Waals surface area (Å²) in [6.45, 7) is 11.1. The molecule has 4 heteroatoms. The predicted octanol–water partition coefficient (Wildman–Crippen LogP) is 0.389. The standard InChI is InChI=1S/C13H27N3O/c1-4-12-9-16(6-5-15(12)3)10-13-8-14-7-11(2)17-13/h11-14H,4-10H2,1-3H3/t11-,12+,13+/m1/s1. The van der Waals surface area contributed by atoms with Gasteiger partial charge in [-0.05, 0) is 20.4 Å². The van der Waals surface area contributed by atoms with E-state index < -0.39 is 0 Å². The molecule has 0 saturated carbocycles. The van der Waals surface area contributed by atoms with Gasteiger partial charge in [0.15, 0.2) is 0 Å². The highest BCUT2D eigenvalue weighted by atomic mass is 16.5. The van der Waals surface area contributed by atoms with E-state index in [-0.39, 0.29) is 0 Å². The molecule has 2 saturated heterocycles. The Morgan fingerprint density at radius 1 is 1.29 bits per heavy atom. The lowest BCUT2D eigenvalue weighted by Crippen LogP contribution is -2.55. The summed E-state index contributed by atoms with van der Waals surface area (Å²) in [5.74, 6) is 0. The van der Waals surface area contributed by atoms with Crippen LogP contribution in [0.15, 0.2) is 0 Å². The first kappa shape index (κ1) is 13.3. The van der Waals surface area contributed by atoms with Crippen molar-refractivity contribution in [3.05, 3.63) is 0 Å². The second kappa shape index (κ2) is 6.14. The number of piperazine rings is 1. The zero-order valence-electron chi connectivity index (χ0n) is 11.5. The van der Waals surface area contributed by atoms with E-state index in [0.717, 1.165) is 25.7 Å². The van der Waals surface area contributed by atoms with E-state index in [1.165, 1.54) is 26.1 Å². The number of nitrogens with zero attached hydrogens (tertiary/aromatic N) is 2. The van der Waals surface area contributed by atoms with Crippen molar-refractivity contribution in [1.29, 1.82) is 0 Å². The van der Waals surface area contributed by atoms with Gasteiger partial charge in [-0.25, -0.2) is 0 Å². The molecule has 0 aromatic rings. The van der Waals surface area contributed by atoms with Gasteiger partial charge in [0.1, 0.15) is 0 Å². The van der Waals surface area contributed by atoms with Crippen LogP contribution in [0.5, 0.6) is 0 Å². The number of morpholine rings is 1. The Morgan fingerprint density at radius 2 is 2.12 bits per heavy atom. The molecule has 100 valence electrons. The highest BCUT2D eigenvalue weighted by Gasteiger charge is 2.26. The molecule has 0 spiro atoms. The van der Waals surface area contributed by atoms with Crippen molar-refractivity contribution >= 4 is 0 Å². The van der Waals surface area contributed by atoms with Crippen LogP contribution < -0.4 is 5.32 Å². The monoisotopic (exact) mass is 241 g/mol. The van der Waals surface area contributed by atoms with Gasteiger partial charge in [-0.1, -0.05) is 6.92 Å².